The Hall–Kier alpha value is -3.21. The molecule has 0 aliphatic carbocycles. The van der Waals surface area contributed by atoms with Crippen molar-refractivity contribution in [3.8, 4) is 17.4 Å². The molecule has 2 aromatic carbocycles. The highest BCUT2D eigenvalue weighted by Gasteiger charge is 2.35. The summed E-state index contributed by atoms with van der Waals surface area (Å²) in [4.78, 5) is 8.15. The van der Waals surface area contributed by atoms with Gasteiger partial charge in [-0.05, 0) is 55.2 Å². The zero-order valence-electron chi connectivity index (χ0n) is 21.0. The van der Waals surface area contributed by atoms with Gasteiger partial charge >= 0.3 is 0 Å². The Bertz CT molecular complexity index is 1130. The lowest BCUT2D eigenvalue weighted by Gasteiger charge is -2.28. The van der Waals surface area contributed by atoms with Gasteiger partial charge < -0.3 is 19.3 Å². The average molecular weight is 516 g/mol. The van der Waals surface area contributed by atoms with Crippen LogP contribution >= 0.6 is 0 Å². The molecule has 10 heteroatoms. The van der Waals surface area contributed by atoms with Crippen LogP contribution in [0.2, 0.25) is 0 Å². The van der Waals surface area contributed by atoms with Gasteiger partial charge in [-0.2, -0.15) is 0 Å². The van der Waals surface area contributed by atoms with Gasteiger partial charge in [0.25, 0.3) is 0 Å². The van der Waals surface area contributed by atoms with Crippen LogP contribution in [-0.4, -0.2) is 67.5 Å². The van der Waals surface area contributed by atoms with E-state index < -0.39 is 21.4 Å². The molecule has 0 aliphatic rings. The zero-order valence-corrected chi connectivity index (χ0v) is 21.8. The number of sulfonamides is 1. The maximum absolute atomic E-state index is 13.7. The zero-order chi connectivity index (χ0) is 26.1. The number of hydrogen-bond donors (Lipinski definition) is 1. The fourth-order valence-electron chi connectivity index (χ4n) is 3.68. The van der Waals surface area contributed by atoms with E-state index in [9.17, 15) is 13.5 Å². The highest BCUT2D eigenvalue weighted by Crippen LogP contribution is 2.24. The molecule has 3 rings (SSSR count). The van der Waals surface area contributed by atoms with Gasteiger partial charge in [-0.3, -0.25) is 4.98 Å². The van der Waals surface area contributed by atoms with Crippen molar-refractivity contribution in [1.82, 2.24) is 14.3 Å². The number of aliphatic hydroxyl groups is 1. The minimum Gasteiger partial charge on any atom is -0.497 e. The number of rotatable bonds is 13. The molecule has 0 fully saturated rings. The monoisotopic (exact) mass is 515 g/mol. The van der Waals surface area contributed by atoms with E-state index in [-0.39, 0.29) is 24.7 Å². The molecule has 0 aliphatic heterocycles. The molecule has 0 saturated heterocycles. The number of benzene rings is 2. The molecule has 0 spiro atoms. The number of ether oxygens (including phenoxy) is 3. The third-order valence-corrected chi connectivity index (χ3v) is 8.33. The number of nitrogens with zero attached hydrogens (tertiary/aromatic N) is 3. The topological polar surface area (TPSA) is 111 Å². The number of hydrogen-bond acceptors (Lipinski definition) is 8. The van der Waals surface area contributed by atoms with Gasteiger partial charge in [0.15, 0.2) is 0 Å². The molecule has 194 valence electrons. The lowest BCUT2D eigenvalue weighted by molar-refractivity contribution is 0.167. The van der Waals surface area contributed by atoms with Crippen molar-refractivity contribution in [3.05, 3.63) is 77.7 Å². The Morgan fingerprint density at radius 1 is 0.806 bits per heavy atom. The Morgan fingerprint density at radius 3 is 1.69 bits per heavy atom. The fraction of sp³-hybridized carbons (Fsp3) is 0.385. The lowest BCUT2D eigenvalue weighted by atomic mass is 10.1. The highest BCUT2D eigenvalue weighted by molar-refractivity contribution is 7.89. The molecule has 1 N–H and O–H groups in total. The van der Waals surface area contributed by atoms with E-state index in [0.29, 0.717) is 12.8 Å². The van der Waals surface area contributed by atoms with Crippen LogP contribution in [-0.2, 0) is 22.9 Å². The predicted molar refractivity (Wildman–Crippen MR) is 137 cm³/mol. The van der Waals surface area contributed by atoms with E-state index in [2.05, 4.69) is 9.97 Å². The molecule has 3 aromatic rings. The summed E-state index contributed by atoms with van der Waals surface area (Å²) in [5.41, 5.74) is 2.13. The Balaban J connectivity index is 1.79. The van der Waals surface area contributed by atoms with Crippen LogP contribution in [0.3, 0.4) is 0 Å². The highest BCUT2D eigenvalue weighted by atomic mass is 32.2. The van der Waals surface area contributed by atoms with Gasteiger partial charge in [0, 0.05) is 13.1 Å². The maximum atomic E-state index is 13.7. The summed E-state index contributed by atoms with van der Waals surface area (Å²) in [7, 11) is 0.759. The Labute approximate surface area is 212 Å². The maximum Gasteiger partial charge on any atom is 0.231 e. The molecule has 0 radical (unpaired) electrons. The van der Waals surface area contributed by atoms with E-state index in [1.165, 1.54) is 30.7 Å². The first kappa shape index (κ1) is 27.4. The molecular weight excluding hydrogens is 482 g/mol. The molecule has 2 unspecified atom stereocenters. The van der Waals surface area contributed by atoms with Crippen LogP contribution < -0.4 is 14.2 Å². The summed E-state index contributed by atoms with van der Waals surface area (Å²) in [5, 5.41) is 9.71. The third kappa shape index (κ3) is 6.93. The molecule has 0 saturated carbocycles. The Kier molecular flexibility index (Phi) is 9.63. The first-order valence-electron chi connectivity index (χ1n) is 11.6. The van der Waals surface area contributed by atoms with Crippen LogP contribution in [0, 0.1) is 0 Å². The average Bonchev–Trinajstić information content (AvgIpc) is 2.92. The van der Waals surface area contributed by atoms with Gasteiger partial charge in [0.1, 0.15) is 22.9 Å². The summed E-state index contributed by atoms with van der Waals surface area (Å²) in [6.07, 6.45) is 2.35. The van der Waals surface area contributed by atoms with Gasteiger partial charge in [-0.25, -0.2) is 17.7 Å². The van der Waals surface area contributed by atoms with Crippen molar-refractivity contribution < 1.29 is 27.7 Å². The summed E-state index contributed by atoms with van der Waals surface area (Å²) in [5.74, 6) is 1.75. The van der Waals surface area contributed by atoms with Gasteiger partial charge in [0.2, 0.25) is 15.9 Å². The molecule has 9 nitrogen and oxygen atoms in total. The Morgan fingerprint density at radius 2 is 1.31 bits per heavy atom. The first-order chi connectivity index (χ1) is 17.3. The number of methoxy groups -OCH3 is 3. The second-order valence-electron chi connectivity index (χ2n) is 8.27. The molecular formula is C26H33N3O6S. The van der Waals surface area contributed by atoms with Gasteiger partial charge in [-0.1, -0.05) is 24.3 Å². The van der Waals surface area contributed by atoms with E-state index in [1.54, 1.807) is 14.2 Å². The summed E-state index contributed by atoms with van der Waals surface area (Å²) in [6, 6.07) is 15.0. The van der Waals surface area contributed by atoms with Crippen LogP contribution in [0.15, 0.2) is 60.9 Å². The van der Waals surface area contributed by atoms with Crippen molar-refractivity contribution in [1.29, 1.82) is 0 Å². The van der Waals surface area contributed by atoms with E-state index >= 15 is 0 Å². The normalized spacial score (nSPS) is 13.3. The SMILES string of the molecule is COc1ccc(CCN(CCc2ccc(OC)cc2)S(=O)(=O)C(C)C(O)c2cnc(OC)cn2)cc1. The van der Waals surface area contributed by atoms with Gasteiger partial charge in [0.05, 0.1) is 39.4 Å². The molecule has 36 heavy (non-hydrogen) atoms. The fourth-order valence-corrected chi connectivity index (χ4v) is 5.31. The smallest absolute Gasteiger partial charge is 0.231 e. The van der Waals surface area contributed by atoms with Gasteiger partial charge in [-0.15, -0.1) is 0 Å². The van der Waals surface area contributed by atoms with E-state index in [1.807, 2.05) is 48.5 Å². The molecule has 1 aromatic heterocycles. The van der Waals surface area contributed by atoms with Crippen molar-refractivity contribution in [2.24, 2.45) is 0 Å². The molecule has 0 amide bonds. The minimum absolute atomic E-state index is 0.164. The summed E-state index contributed by atoms with van der Waals surface area (Å²) in [6.45, 7) is 2.01. The summed E-state index contributed by atoms with van der Waals surface area (Å²) >= 11 is 0. The van der Waals surface area contributed by atoms with Crippen molar-refractivity contribution >= 4 is 10.0 Å². The summed E-state index contributed by atoms with van der Waals surface area (Å²) < 4.78 is 44.2. The molecule has 2 atom stereocenters. The largest absolute Gasteiger partial charge is 0.497 e. The number of aliphatic hydroxyl groups excluding tert-OH is 1. The second-order valence-corrected chi connectivity index (χ2v) is 10.6. The van der Waals surface area contributed by atoms with Crippen LogP contribution in [0.5, 0.6) is 17.4 Å². The second kappa shape index (κ2) is 12.7. The van der Waals surface area contributed by atoms with Crippen molar-refractivity contribution in [2.45, 2.75) is 31.1 Å². The van der Waals surface area contributed by atoms with Crippen LogP contribution in [0.25, 0.3) is 0 Å². The predicted octanol–water partition coefficient (Wildman–Crippen LogP) is 3.04. The van der Waals surface area contributed by atoms with Crippen molar-refractivity contribution in [2.75, 3.05) is 34.4 Å². The first-order valence-corrected chi connectivity index (χ1v) is 13.1. The standard InChI is InChI=1S/C26H33N3O6S/c1-19(26(30)24-17-28-25(35-4)18-27-24)36(31,32)29(15-13-20-5-9-22(33-2)10-6-20)16-14-21-7-11-23(34-3)12-8-21/h5-12,17-19,26,30H,13-16H2,1-4H3. The quantitative estimate of drug-likeness (QED) is 0.370. The van der Waals surface area contributed by atoms with Crippen molar-refractivity contribution in [3.63, 3.8) is 0 Å². The van der Waals surface area contributed by atoms with Crippen LogP contribution in [0.1, 0.15) is 29.8 Å². The molecule has 0 bridgehead atoms. The van der Waals surface area contributed by atoms with E-state index in [4.69, 9.17) is 14.2 Å². The van der Waals surface area contributed by atoms with E-state index in [0.717, 1.165) is 22.6 Å². The lowest BCUT2D eigenvalue weighted by Crippen LogP contribution is -2.42. The third-order valence-electron chi connectivity index (χ3n) is 6.05. The number of aromatic nitrogens is 2. The van der Waals surface area contributed by atoms with Crippen LogP contribution in [0.4, 0.5) is 0 Å². The molecule has 1 heterocycles. The minimum atomic E-state index is -3.90.